The van der Waals surface area contributed by atoms with E-state index < -0.39 is 6.10 Å². The molecule has 4 nitrogen and oxygen atoms in total. The highest BCUT2D eigenvalue weighted by Crippen LogP contribution is 2.27. The van der Waals surface area contributed by atoms with Crippen LogP contribution in [0.25, 0.3) is 0 Å². The van der Waals surface area contributed by atoms with Crippen molar-refractivity contribution in [2.45, 2.75) is 65.0 Å². The van der Waals surface area contributed by atoms with Crippen LogP contribution in [-0.4, -0.2) is 54.9 Å². The predicted octanol–water partition coefficient (Wildman–Crippen LogP) is 3.11. The van der Waals surface area contributed by atoms with E-state index >= 15 is 0 Å². The Morgan fingerprint density at radius 2 is 2.12 bits per heavy atom. The molecule has 4 heteroatoms. The second kappa shape index (κ2) is 9.02. The Hall–Kier alpha value is -1.10. The number of nitrogens with one attached hydrogen (secondary N) is 1. The third-order valence-corrected chi connectivity index (χ3v) is 5.14. The number of hydrogen-bond acceptors (Lipinski definition) is 4. The molecule has 2 rings (SSSR count). The molecule has 0 aromatic heterocycles. The first-order valence-corrected chi connectivity index (χ1v) is 9.68. The van der Waals surface area contributed by atoms with Crippen LogP contribution < -0.4 is 10.1 Å². The molecule has 2 atom stereocenters. The molecule has 0 saturated carbocycles. The first-order valence-electron chi connectivity index (χ1n) is 9.68. The highest BCUT2D eigenvalue weighted by atomic mass is 16.5. The largest absolute Gasteiger partial charge is 0.491 e. The lowest BCUT2D eigenvalue weighted by Crippen LogP contribution is -2.41. The first-order chi connectivity index (χ1) is 11.8. The summed E-state index contributed by atoms with van der Waals surface area (Å²) >= 11 is 0. The van der Waals surface area contributed by atoms with Gasteiger partial charge in [-0.05, 0) is 55.5 Å². The summed E-state index contributed by atoms with van der Waals surface area (Å²) in [6.45, 7) is 15.1. The van der Waals surface area contributed by atoms with Gasteiger partial charge in [0, 0.05) is 19.1 Å². The molecule has 0 bridgehead atoms. The standard InChI is InChI=1S/C21H36N2O2/c1-6-23-11-7-8-18(23)13-22-14-19(24)15-25-20-10-9-17(12-16(20)2)21(3,4)5/h9-10,12,18-19,22,24H,6-8,11,13-15H2,1-5H3/t18-,19+/m0/s1. The summed E-state index contributed by atoms with van der Waals surface area (Å²) < 4.78 is 5.83. The van der Waals surface area contributed by atoms with Crippen molar-refractivity contribution in [3.05, 3.63) is 29.3 Å². The van der Waals surface area contributed by atoms with Crippen molar-refractivity contribution in [1.82, 2.24) is 10.2 Å². The van der Waals surface area contributed by atoms with Crippen molar-refractivity contribution in [3.63, 3.8) is 0 Å². The Kier molecular flexibility index (Phi) is 7.29. The number of hydrogen-bond donors (Lipinski definition) is 2. The molecule has 1 heterocycles. The topological polar surface area (TPSA) is 44.7 Å². The minimum absolute atomic E-state index is 0.138. The van der Waals surface area contributed by atoms with E-state index in [-0.39, 0.29) is 5.41 Å². The number of rotatable bonds is 8. The summed E-state index contributed by atoms with van der Waals surface area (Å²) in [7, 11) is 0. The zero-order chi connectivity index (χ0) is 18.4. The number of benzene rings is 1. The molecular weight excluding hydrogens is 312 g/mol. The summed E-state index contributed by atoms with van der Waals surface area (Å²) in [4.78, 5) is 2.51. The van der Waals surface area contributed by atoms with Crippen LogP contribution in [0.2, 0.25) is 0 Å². The van der Waals surface area contributed by atoms with E-state index in [0.29, 0.717) is 19.2 Å². The van der Waals surface area contributed by atoms with Crippen LogP contribution in [0, 0.1) is 6.92 Å². The number of aryl methyl sites for hydroxylation is 1. The van der Waals surface area contributed by atoms with E-state index in [2.05, 4.69) is 57.0 Å². The van der Waals surface area contributed by atoms with Crippen LogP contribution in [-0.2, 0) is 5.41 Å². The van der Waals surface area contributed by atoms with Gasteiger partial charge >= 0.3 is 0 Å². The minimum Gasteiger partial charge on any atom is -0.491 e. The zero-order valence-electron chi connectivity index (χ0n) is 16.6. The van der Waals surface area contributed by atoms with Gasteiger partial charge in [-0.15, -0.1) is 0 Å². The fraction of sp³-hybridized carbons (Fsp3) is 0.714. The number of likely N-dealkylation sites (tertiary alicyclic amines) is 1. The SMILES string of the molecule is CCN1CCC[C@H]1CNC[C@@H](O)COc1ccc(C(C)(C)C)cc1C. The summed E-state index contributed by atoms with van der Waals surface area (Å²) in [5, 5.41) is 13.6. The molecule has 1 aromatic rings. The molecule has 0 spiro atoms. The number of likely N-dealkylation sites (N-methyl/N-ethyl adjacent to an activating group) is 1. The summed E-state index contributed by atoms with van der Waals surface area (Å²) in [5.74, 6) is 0.861. The van der Waals surface area contributed by atoms with Gasteiger partial charge in [0.15, 0.2) is 0 Å². The van der Waals surface area contributed by atoms with Crippen molar-refractivity contribution in [2.24, 2.45) is 0 Å². The molecule has 1 aliphatic heterocycles. The van der Waals surface area contributed by atoms with Crippen LogP contribution in [0.15, 0.2) is 18.2 Å². The lowest BCUT2D eigenvalue weighted by molar-refractivity contribution is 0.104. The van der Waals surface area contributed by atoms with Gasteiger partial charge in [-0.25, -0.2) is 0 Å². The van der Waals surface area contributed by atoms with E-state index in [1.165, 1.54) is 24.9 Å². The molecule has 0 aliphatic carbocycles. The highest BCUT2D eigenvalue weighted by molar-refractivity contribution is 5.38. The molecule has 25 heavy (non-hydrogen) atoms. The Morgan fingerprint density at radius 1 is 1.36 bits per heavy atom. The van der Waals surface area contributed by atoms with E-state index in [9.17, 15) is 5.11 Å². The highest BCUT2D eigenvalue weighted by Gasteiger charge is 2.22. The van der Waals surface area contributed by atoms with Crippen molar-refractivity contribution in [2.75, 3.05) is 32.8 Å². The van der Waals surface area contributed by atoms with Gasteiger partial charge in [-0.1, -0.05) is 39.8 Å². The summed E-state index contributed by atoms with van der Waals surface area (Å²) in [5.41, 5.74) is 2.56. The molecule has 0 radical (unpaired) electrons. The maximum atomic E-state index is 10.2. The lowest BCUT2D eigenvalue weighted by Gasteiger charge is -2.24. The van der Waals surface area contributed by atoms with Crippen LogP contribution >= 0.6 is 0 Å². The number of aliphatic hydroxyl groups is 1. The number of nitrogens with zero attached hydrogens (tertiary/aromatic N) is 1. The van der Waals surface area contributed by atoms with E-state index in [1.807, 2.05) is 6.07 Å². The van der Waals surface area contributed by atoms with Crippen molar-refractivity contribution in [1.29, 1.82) is 0 Å². The zero-order valence-corrected chi connectivity index (χ0v) is 16.6. The molecule has 1 aromatic carbocycles. The fourth-order valence-electron chi connectivity index (χ4n) is 3.48. The number of aliphatic hydroxyl groups excluding tert-OH is 1. The van der Waals surface area contributed by atoms with E-state index in [1.54, 1.807) is 0 Å². The van der Waals surface area contributed by atoms with Crippen molar-refractivity contribution in [3.8, 4) is 5.75 Å². The van der Waals surface area contributed by atoms with Gasteiger partial charge < -0.3 is 15.2 Å². The summed E-state index contributed by atoms with van der Waals surface area (Å²) in [6.07, 6.45) is 2.06. The van der Waals surface area contributed by atoms with Crippen LogP contribution in [0.5, 0.6) is 5.75 Å². The molecule has 142 valence electrons. The molecule has 1 saturated heterocycles. The second-order valence-electron chi connectivity index (χ2n) is 8.28. The third kappa shape index (κ3) is 5.98. The lowest BCUT2D eigenvalue weighted by atomic mass is 9.86. The molecular formula is C21H36N2O2. The fourth-order valence-corrected chi connectivity index (χ4v) is 3.48. The normalized spacial score (nSPS) is 20.0. The molecule has 2 N–H and O–H groups in total. The Balaban J connectivity index is 1.73. The van der Waals surface area contributed by atoms with Gasteiger partial charge in [0.25, 0.3) is 0 Å². The monoisotopic (exact) mass is 348 g/mol. The molecule has 1 fully saturated rings. The van der Waals surface area contributed by atoms with Crippen LogP contribution in [0.3, 0.4) is 0 Å². The van der Waals surface area contributed by atoms with Crippen LogP contribution in [0.4, 0.5) is 0 Å². The van der Waals surface area contributed by atoms with Gasteiger partial charge in [0.1, 0.15) is 18.5 Å². The van der Waals surface area contributed by atoms with Gasteiger partial charge in [-0.3, -0.25) is 4.90 Å². The Bertz CT molecular complexity index is 539. The van der Waals surface area contributed by atoms with Gasteiger partial charge in [0.2, 0.25) is 0 Å². The number of ether oxygens (including phenoxy) is 1. The van der Waals surface area contributed by atoms with Gasteiger partial charge in [0.05, 0.1) is 0 Å². The predicted molar refractivity (Wildman–Crippen MR) is 105 cm³/mol. The maximum Gasteiger partial charge on any atom is 0.122 e. The van der Waals surface area contributed by atoms with Crippen molar-refractivity contribution < 1.29 is 9.84 Å². The minimum atomic E-state index is -0.488. The first kappa shape index (κ1) is 20.2. The smallest absolute Gasteiger partial charge is 0.122 e. The molecule has 0 unspecified atom stereocenters. The molecule has 1 aliphatic rings. The second-order valence-corrected chi connectivity index (χ2v) is 8.28. The Morgan fingerprint density at radius 3 is 2.76 bits per heavy atom. The van der Waals surface area contributed by atoms with E-state index in [4.69, 9.17) is 4.74 Å². The quantitative estimate of drug-likeness (QED) is 0.758. The van der Waals surface area contributed by atoms with Crippen LogP contribution in [0.1, 0.15) is 51.7 Å². The van der Waals surface area contributed by atoms with Crippen molar-refractivity contribution >= 4 is 0 Å². The maximum absolute atomic E-state index is 10.2. The average molecular weight is 349 g/mol. The van der Waals surface area contributed by atoms with Gasteiger partial charge in [-0.2, -0.15) is 0 Å². The molecule has 0 amide bonds. The average Bonchev–Trinajstić information content (AvgIpc) is 3.00. The van der Waals surface area contributed by atoms with E-state index in [0.717, 1.165) is 24.4 Å². The Labute approximate surface area is 153 Å². The summed E-state index contributed by atoms with van der Waals surface area (Å²) in [6, 6.07) is 6.93. The third-order valence-electron chi connectivity index (χ3n) is 5.14.